The van der Waals surface area contributed by atoms with Crippen LogP contribution >= 0.6 is 11.6 Å². The van der Waals surface area contributed by atoms with Gasteiger partial charge in [0, 0.05) is 39.0 Å². The molecule has 0 aliphatic rings. The fourth-order valence-electron chi connectivity index (χ4n) is 2.30. The molecule has 0 spiro atoms. The number of alkyl halides is 3. The molecule has 8 heteroatoms. The summed E-state index contributed by atoms with van der Waals surface area (Å²) in [7, 11) is 1.70. The predicted molar refractivity (Wildman–Crippen MR) is 95.1 cm³/mol. The number of aromatic nitrogens is 1. The van der Waals surface area contributed by atoms with Gasteiger partial charge < -0.3 is 10.2 Å². The van der Waals surface area contributed by atoms with E-state index in [1.165, 1.54) is 6.07 Å². The second-order valence-corrected chi connectivity index (χ2v) is 6.20. The van der Waals surface area contributed by atoms with Crippen LogP contribution in [0.25, 0.3) is 0 Å². The van der Waals surface area contributed by atoms with Crippen LogP contribution in [-0.4, -0.2) is 35.9 Å². The Kier molecular flexibility index (Phi) is 6.85. The fraction of sp³-hybridized carbons (Fsp3) is 0.333. The summed E-state index contributed by atoms with van der Waals surface area (Å²) in [5.74, 6) is -0.102. The lowest BCUT2D eigenvalue weighted by molar-refractivity contribution is -0.137. The summed E-state index contributed by atoms with van der Waals surface area (Å²) in [6.07, 6.45) is -0.194. The van der Waals surface area contributed by atoms with Crippen molar-refractivity contribution in [2.45, 2.75) is 19.0 Å². The molecule has 0 saturated heterocycles. The molecule has 140 valence electrons. The van der Waals surface area contributed by atoms with Crippen LogP contribution in [0.3, 0.4) is 0 Å². The van der Waals surface area contributed by atoms with Crippen LogP contribution in [0.15, 0.2) is 42.7 Å². The van der Waals surface area contributed by atoms with Gasteiger partial charge in [0.15, 0.2) is 0 Å². The van der Waals surface area contributed by atoms with Crippen molar-refractivity contribution in [3.05, 3.63) is 58.9 Å². The minimum Gasteiger partial charge on any atom is -0.383 e. The number of rotatable bonds is 7. The van der Waals surface area contributed by atoms with Crippen LogP contribution in [0.1, 0.15) is 17.5 Å². The van der Waals surface area contributed by atoms with E-state index in [0.717, 1.165) is 17.7 Å². The summed E-state index contributed by atoms with van der Waals surface area (Å²) in [5.41, 5.74) is 0.451. The number of nitrogens with one attached hydrogen (secondary N) is 1. The predicted octanol–water partition coefficient (Wildman–Crippen LogP) is 4.26. The maximum Gasteiger partial charge on any atom is 0.416 e. The van der Waals surface area contributed by atoms with Gasteiger partial charge in [-0.15, -0.1) is 0 Å². The molecule has 0 radical (unpaired) electrons. The molecule has 1 aromatic heterocycles. The first-order valence-electron chi connectivity index (χ1n) is 8.01. The van der Waals surface area contributed by atoms with Crippen molar-refractivity contribution in [2.24, 2.45) is 0 Å². The number of halogens is 4. The molecule has 1 aromatic carbocycles. The Balaban J connectivity index is 1.82. The third-order valence-electron chi connectivity index (χ3n) is 3.86. The highest BCUT2D eigenvalue weighted by molar-refractivity contribution is 6.33. The summed E-state index contributed by atoms with van der Waals surface area (Å²) in [6.45, 7) is 0.743. The van der Waals surface area contributed by atoms with E-state index in [-0.39, 0.29) is 29.6 Å². The van der Waals surface area contributed by atoms with Gasteiger partial charge in [-0.3, -0.25) is 9.78 Å². The molecule has 0 saturated carbocycles. The van der Waals surface area contributed by atoms with Crippen molar-refractivity contribution in [1.82, 2.24) is 9.88 Å². The Morgan fingerprint density at radius 1 is 1.23 bits per heavy atom. The second kappa shape index (κ2) is 8.89. The van der Waals surface area contributed by atoms with Crippen molar-refractivity contribution in [1.29, 1.82) is 0 Å². The number of hydrogen-bond acceptors (Lipinski definition) is 3. The van der Waals surface area contributed by atoms with Crippen molar-refractivity contribution < 1.29 is 18.0 Å². The number of pyridine rings is 1. The molecule has 1 amide bonds. The lowest BCUT2D eigenvalue weighted by Gasteiger charge is -2.18. The number of nitrogens with zero attached hydrogens (tertiary/aromatic N) is 2. The van der Waals surface area contributed by atoms with E-state index in [0.29, 0.717) is 13.0 Å². The molecule has 1 N–H and O–H groups in total. The van der Waals surface area contributed by atoms with Crippen molar-refractivity contribution >= 4 is 23.2 Å². The first kappa shape index (κ1) is 20.0. The van der Waals surface area contributed by atoms with Gasteiger partial charge in [0.25, 0.3) is 0 Å². The van der Waals surface area contributed by atoms with Gasteiger partial charge in [-0.05, 0) is 42.3 Å². The topological polar surface area (TPSA) is 45.2 Å². The van der Waals surface area contributed by atoms with E-state index in [2.05, 4.69) is 10.3 Å². The molecule has 4 nitrogen and oxygen atoms in total. The highest BCUT2D eigenvalue weighted by Crippen LogP contribution is 2.33. The van der Waals surface area contributed by atoms with Crippen LogP contribution in [0.2, 0.25) is 5.02 Å². The van der Waals surface area contributed by atoms with E-state index < -0.39 is 11.7 Å². The first-order chi connectivity index (χ1) is 12.3. The van der Waals surface area contributed by atoms with Gasteiger partial charge in [0.05, 0.1) is 16.3 Å². The van der Waals surface area contributed by atoms with Gasteiger partial charge in [-0.25, -0.2) is 0 Å². The molecular weight excluding hydrogens is 367 g/mol. The van der Waals surface area contributed by atoms with Crippen molar-refractivity contribution in [3.63, 3.8) is 0 Å². The normalized spacial score (nSPS) is 11.3. The second-order valence-electron chi connectivity index (χ2n) is 5.79. The molecule has 0 bridgehead atoms. The molecule has 0 atom stereocenters. The van der Waals surface area contributed by atoms with Gasteiger partial charge in [-0.2, -0.15) is 13.2 Å². The summed E-state index contributed by atoms with van der Waals surface area (Å²) < 4.78 is 38.2. The average Bonchev–Trinajstić information content (AvgIpc) is 2.61. The smallest absolute Gasteiger partial charge is 0.383 e. The Morgan fingerprint density at radius 2 is 1.92 bits per heavy atom. The maximum atomic E-state index is 12.7. The largest absolute Gasteiger partial charge is 0.416 e. The minimum absolute atomic E-state index is 0.102. The van der Waals surface area contributed by atoms with Crippen LogP contribution in [0.4, 0.5) is 18.9 Å². The van der Waals surface area contributed by atoms with Crippen LogP contribution in [-0.2, 0) is 17.4 Å². The standard InChI is InChI=1S/C18H19ClF3N3O/c1-25(11-7-13-4-8-23-9-5-13)17(26)6-10-24-16-12-14(18(20,21)22)2-3-15(16)19/h2-5,8-9,12,24H,6-7,10-11H2,1H3. The number of carbonyl (C=O) groups is 1. The highest BCUT2D eigenvalue weighted by atomic mass is 35.5. The molecule has 0 unspecified atom stereocenters. The van der Waals surface area contributed by atoms with Gasteiger partial charge in [-0.1, -0.05) is 11.6 Å². The Morgan fingerprint density at radius 3 is 2.58 bits per heavy atom. The number of amides is 1. The average molecular weight is 386 g/mol. The van der Waals surface area contributed by atoms with Gasteiger partial charge in [0.2, 0.25) is 5.91 Å². The van der Waals surface area contributed by atoms with E-state index >= 15 is 0 Å². The Hall–Kier alpha value is -2.28. The van der Waals surface area contributed by atoms with E-state index in [9.17, 15) is 18.0 Å². The zero-order valence-corrected chi connectivity index (χ0v) is 14.9. The lowest BCUT2D eigenvalue weighted by atomic mass is 10.2. The maximum absolute atomic E-state index is 12.7. The quantitative estimate of drug-likeness (QED) is 0.774. The highest BCUT2D eigenvalue weighted by Gasteiger charge is 2.30. The van der Waals surface area contributed by atoms with Gasteiger partial charge >= 0.3 is 6.18 Å². The van der Waals surface area contributed by atoms with Gasteiger partial charge in [0.1, 0.15) is 0 Å². The summed E-state index contributed by atoms with van der Waals surface area (Å²) >= 11 is 5.91. The Labute approximate surface area is 155 Å². The lowest BCUT2D eigenvalue weighted by Crippen LogP contribution is -2.30. The molecular formula is C18H19ClF3N3O. The molecule has 26 heavy (non-hydrogen) atoms. The van der Waals surface area contributed by atoms with Crippen LogP contribution < -0.4 is 5.32 Å². The molecule has 0 fully saturated rings. The SMILES string of the molecule is CN(CCc1ccncc1)C(=O)CCNc1cc(C(F)(F)F)ccc1Cl. The molecule has 2 aromatic rings. The fourth-order valence-corrected chi connectivity index (χ4v) is 2.49. The third kappa shape index (κ3) is 5.91. The minimum atomic E-state index is -4.44. The molecule has 2 rings (SSSR count). The monoisotopic (exact) mass is 385 g/mol. The molecule has 0 aliphatic heterocycles. The van der Waals surface area contributed by atoms with Crippen LogP contribution in [0.5, 0.6) is 0 Å². The molecule has 0 aliphatic carbocycles. The van der Waals surface area contributed by atoms with Crippen molar-refractivity contribution in [3.8, 4) is 0 Å². The number of likely N-dealkylation sites (N-methyl/N-ethyl adjacent to an activating group) is 1. The number of anilines is 1. The molecule has 1 heterocycles. The van der Waals surface area contributed by atoms with E-state index in [4.69, 9.17) is 11.6 Å². The zero-order valence-electron chi connectivity index (χ0n) is 14.2. The van der Waals surface area contributed by atoms with E-state index in [1.54, 1.807) is 24.3 Å². The van der Waals surface area contributed by atoms with E-state index in [1.807, 2.05) is 12.1 Å². The Bertz CT molecular complexity index is 738. The van der Waals surface area contributed by atoms with Crippen molar-refractivity contribution in [2.75, 3.05) is 25.5 Å². The van der Waals surface area contributed by atoms with Crippen LogP contribution in [0, 0.1) is 0 Å². The summed E-state index contributed by atoms with van der Waals surface area (Å²) in [5, 5.41) is 2.97. The third-order valence-corrected chi connectivity index (χ3v) is 4.19. The number of benzene rings is 1. The number of hydrogen-bond donors (Lipinski definition) is 1. The summed E-state index contributed by atoms with van der Waals surface area (Å²) in [6, 6.07) is 6.83. The zero-order chi connectivity index (χ0) is 19.2. The number of carbonyl (C=O) groups excluding carboxylic acids is 1. The summed E-state index contributed by atoms with van der Waals surface area (Å²) in [4.78, 5) is 17.7. The first-order valence-corrected chi connectivity index (χ1v) is 8.38.